The lowest BCUT2D eigenvalue weighted by Crippen LogP contribution is -2.12. The van der Waals surface area contributed by atoms with Crippen LogP contribution in [-0.2, 0) is 6.42 Å². The van der Waals surface area contributed by atoms with Crippen LogP contribution < -0.4 is 9.47 Å². The molecule has 0 aliphatic rings. The summed E-state index contributed by atoms with van der Waals surface area (Å²) in [5.74, 6) is 1.84. The minimum Gasteiger partial charge on any atom is -0.493 e. The van der Waals surface area contributed by atoms with Crippen molar-refractivity contribution in [3.8, 4) is 33.9 Å². The Kier molecular flexibility index (Phi) is 7.82. The van der Waals surface area contributed by atoms with Crippen molar-refractivity contribution in [1.82, 2.24) is 9.88 Å². The standard InChI is InChI=1S/C31H38N2O2/c1-21(2)30-26-19-24(23-12-10-22(11-13-23)9-7-8-18-33(3)4)14-16-27(26)32-31(30)25-15-17-28(34-5)29(20-25)35-6/h10-17,19-21,32H,7-9,18H2,1-6H3. The van der Waals surface area contributed by atoms with Crippen molar-refractivity contribution in [1.29, 1.82) is 0 Å². The molecule has 4 aromatic rings. The average Bonchev–Trinajstić information content (AvgIpc) is 3.25. The Balaban J connectivity index is 1.65. The Morgan fingerprint density at radius 2 is 1.46 bits per heavy atom. The third kappa shape index (κ3) is 5.54. The first-order valence-corrected chi connectivity index (χ1v) is 12.5. The number of aromatic nitrogens is 1. The number of rotatable bonds is 10. The molecule has 0 spiro atoms. The SMILES string of the molecule is COc1ccc(-c2[nH]c3ccc(-c4ccc(CCCCN(C)C)cc4)cc3c2C(C)C)cc1OC. The first-order chi connectivity index (χ1) is 16.9. The van der Waals surface area contributed by atoms with Crippen LogP contribution in [0.3, 0.4) is 0 Å². The van der Waals surface area contributed by atoms with E-state index in [1.165, 1.54) is 40.5 Å². The lowest BCUT2D eigenvalue weighted by molar-refractivity contribution is 0.355. The molecule has 0 fully saturated rings. The average molecular weight is 471 g/mol. The van der Waals surface area contributed by atoms with Gasteiger partial charge in [0.1, 0.15) is 0 Å². The lowest BCUT2D eigenvalue weighted by atomic mass is 9.94. The Hall–Kier alpha value is -3.24. The second-order valence-corrected chi connectivity index (χ2v) is 9.86. The number of unbranched alkanes of at least 4 members (excludes halogenated alkanes) is 1. The molecule has 184 valence electrons. The summed E-state index contributed by atoms with van der Waals surface area (Å²) in [4.78, 5) is 5.93. The summed E-state index contributed by atoms with van der Waals surface area (Å²) in [5, 5.41) is 1.27. The monoisotopic (exact) mass is 470 g/mol. The van der Waals surface area contributed by atoms with E-state index in [9.17, 15) is 0 Å². The number of benzene rings is 3. The summed E-state index contributed by atoms with van der Waals surface area (Å²) in [6, 6.07) is 22.0. The van der Waals surface area contributed by atoms with Crippen LogP contribution in [0.15, 0.2) is 60.7 Å². The smallest absolute Gasteiger partial charge is 0.161 e. The molecule has 0 atom stereocenters. The number of hydrogen-bond acceptors (Lipinski definition) is 3. The summed E-state index contributed by atoms with van der Waals surface area (Å²) < 4.78 is 11.0. The topological polar surface area (TPSA) is 37.5 Å². The fraction of sp³-hybridized carbons (Fsp3) is 0.355. The van der Waals surface area contributed by atoms with Crippen LogP contribution in [0.2, 0.25) is 0 Å². The van der Waals surface area contributed by atoms with Gasteiger partial charge in [0.2, 0.25) is 0 Å². The number of methoxy groups -OCH3 is 2. The summed E-state index contributed by atoms with van der Waals surface area (Å²) in [6.07, 6.45) is 3.60. The fourth-order valence-corrected chi connectivity index (χ4v) is 4.83. The third-order valence-electron chi connectivity index (χ3n) is 6.70. The van der Waals surface area contributed by atoms with Crippen LogP contribution in [-0.4, -0.2) is 44.7 Å². The number of nitrogens with one attached hydrogen (secondary N) is 1. The highest BCUT2D eigenvalue weighted by Crippen LogP contribution is 2.40. The minimum atomic E-state index is 0.367. The Morgan fingerprint density at radius 1 is 0.771 bits per heavy atom. The van der Waals surface area contributed by atoms with Crippen LogP contribution in [0.1, 0.15) is 43.7 Å². The molecule has 0 radical (unpaired) electrons. The maximum atomic E-state index is 5.56. The molecule has 1 aromatic heterocycles. The molecule has 4 nitrogen and oxygen atoms in total. The molecule has 1 N–H and O–H groups in total. The molecule has 0 aliphatic carbocycles. The number of hydrogen-bond donors (Lipinski definition) is 1. The van der Waals surface area contributed by atoms with Crippen molar-refractivity contribution in [3.63, 3.8) is 0 Å². The van der Waals surface area contributed by atoms with Crippen molar-refractivity contribution < 1.29 is 9.47 Å². The number of ether oxygens (including phenoxy) is 2. The highest BCUT2D eigenvalue weighted by molar-refractivity contribution is 5.94. The Bertz CT molecular complexity index is 1270. The zero-order valence-corrected chi connectivity index (χ0v) is 21.9. The third-order valence-corrected chi connectivity index (χ3v) is 6.70. The number of H-pyrrole nitrogens is 1. The first kappa shape index (κ1) is 24.9. The Labute approximate surface area is 209 Å². The van der Waals surface area contributed by atoms with Gasteiger partial charge in [-0.1, -0.05) is 44.2 Å². The molecule has 4 rings (SSSR count). The molecular formula is C31H38N2O2. The van der Waals surface area contributed by atoms with Crippen LogP contribution in [0.4, 0.5) is 0 Å². The maximum Gasteiger partial charge on any atom is 0.161 e. The molecule has 35 heavy (non-hydrogen) atoms. The number of aromatic amines is 1. The molecule has 0 unspecified atom stereocenters. The van der Waals surface area contributed by atoms with E-state index in [2.05, 4.69) is 86.4 Å². The van der Waals surface area contributed by atoms with Crippen LogP contribution in [0.25, 0.3) is 33.3 Å². The number of aryl methyl sites for hydroxylation is 1. The summed E-state index contributed by atoms with van der Waals surface area (Å²) in [7, 11) is 7.62. The van der Waals surface area contributed by atoms with Gasteiger partial charge >= 0.3 is 0 Å². The quantitative estimate of drug-likeness (QED) is 0.243. The van der Waals surface area contributed by atoms with Gasteiger partial charge in [0, 0.05) is 16.5 Å². The molecule has 1 heterocycles. The van der Waals surface area contributed by atoms with Gasteiger partial charge in [-0.3, -0.25) is 0 Å². The summed E-state index contributed by atoms with van der Waals surface area (Å²) >= 11 is 0. The number of nitrogens with zero attached hydrogens (tertiary/aromatic N) is 1. The molecular weight excluding hydrogens is 432 g/mol. The molecule has 0 saturated heterocycles. The Morgan fingerprint density at radius 3 is 2.11 bits per heavy atom. The minimum absolute atomic E-state index is 0.367. The van der Waals surface area contributed by atoms with Gasteiger partial charge in [0.05, 0.1) is 19.9 Å². The van der Waals surface area contributed by atoms with Crippen molar-refractivity contribution in [2.24, 2.45) is 0 Å². The van der Waals surface area contributed by atoms with Crippen LogP contribution >= 0.6 is 0 Å². The van der Waals surface area contributed by atoms with Gasteiger partial charge in [-0.25, -0.2) is 0 Å². The molecule has 0 bridgehead atoms. The fourth-order valence-electron chi connectivity index (χ4n) is 4.83. The van der Waals surface area contributed by atoms with Gasteiger partial charge < -0.3 is 19.4 Å². The van der Waals surface area contributed by atoms with E-state index in [-0.39, 0.29) is 0 Å². The van der Waals surface area contributed by atoms with E-state index in [1.807, 2.05) is 12.1 Å². The highest BCUT2D eigenvalue weighted by atomic mass is 16.5. The second kappa shape index (κ2) is 11.0. The van der Waals surface area contributed by atoms with E-state index >= 15 is 0 Å². The predicted molar refractivity (Wildman–Crippen MR) is 148 cm³/mol. The van der Waals surface area contributed by atoms with Gasteiger partial charge in [-0.15, -0.1) is 0 Å². The maximum absolute atomic E-state index is 5.56. The zero-order valence-electron chi connectivity index (χ0n) is 21.9. The normalized spacial score (nSPS) is 11.5. The molecule has 4 heteroatoms. The second-order valence-electron chi connectivity index (χ2n) is 9.86. The molecule has 0 saturated carbocycles. The highest BCUT2D eigenvalue weighted by Gasteiger charge is 2.18. The van der Waals surface area contributed by atoms with E-state index in [4.69, 9.17) is 9.47 Å². The first-order valence-electron chi connectivity index (χ1n) is 12.5. The molecule has 0 aliphatic heterocycles. The van der Waals surface area contributed by atoms with Crippen molar-refractivity contribution in [3.05, 3.63) is 71.8 Å². The van der Waals surface area contributed by atoms with Crippen LogP contribution in [0.5, 0.6) is 11.5 Å². The van der Waals surface area contributed by atoms with Gasteiger partial charge in [-0.2, -0.15) is 0 Å². The van der Waals surface area contributed by atoms with Gasteiger partial charge in [-0.05, 0) is 98.4 Å². The van der Waals surface area contributed by atoms with E-state index in [0.29, 0.717) is 5.92 Å². The number of fused-ring (bicyclic) bond motifs is 1. The van der Waals surface area contributed by atoms with Crippen molar-refractivity contribution in [2.75, 3.05) is 34.9 Å². The lowest BCUT2D eigenvalue weighted by Gasteiger charge is -2.12. The van der Waals surface area contributed by atoms with E-state index < -0.39 is 0 Å². The van der Waals surface area contributed by atoms with Gasteiger partial charge in [0.25, 0.3) is 0 Å². The van der Waals surface area contributed by atoms with Crippen molar-refractivity contribution >= 4 is 10.9 Å². The molecule has 3 aromatic carbocycles. The predicted octanol–water partition coefficient (Wildman–Crippen LogP) is 7.53. The molecule has 0 amide bonds. The van der Waals surface area contributed by atoms with Crippen LogP contribution in [0, 0.1) is 0 Å². The van der Waals surface area contributed by atoms with Crippen molar-refractivity contribution in [2.45, 2.75) is 39.0 Å². The summed E-state index contributed by atoms with van der Waals surface area (Å²) in [5.41, 5.74) is 8.63. The zero-order chi connectivity index (χ0) is 24.9. The largest absolute Gasteiger partial charge is 0.493 e. The van der Waals surface area contributed by atoms with E-state index in [0.717, 1.165) is 41.2 Å². The van der Waals surface area contributed by atoms with E-state index in [1.54, 1.807) is 14.2 Å². The summed E-state index contributed by atoms with van der Waals surface area (Å²) in [6.45, 7) is 5.66. The van der Waals surface area contributed by atoms with Gasteiger partial charge in [0.15, 0.2) is 11.5 Å².